The smallest absolute Gasteiger partial charge is 0.411 e. The maximum Gasteiger partial charge on any atom is 0.411 e. The minimum absolute atomic E-state index is 0.127. The van der Waals surface area contributed by atoms with Gasteiger partial charge in [0.25, 0.3) is 0 Å². The number of fused-ring (bicyclic) bond motifs is 4. The van der Waals surface area contributed by atoms with Crippen LogP contribution in [-0.2, 0) is 11.2 Å². The summed E-state index contributed by atoms with van der Waals surface area (Å²) in [5.41, 5.74) is 8.74. The van der Waals surface area contributed by atoms with E-state index in [1.54, 1.807) is 0 Å². The molecular formula is C16H22N2O2. The van der Waals surface area contributed by atoms with Crippen LogP contribution < -0.4 is 5.73 Å². The fourth-order valence-corrected chi connectivity index (χ4v) is 3.34. The molecular weight excluding hydrogens is 252 g/mol. The minimum Gasteiger partial charge on any atom is -0.444 e. The monoisotopic (exact) mass is 274 g/mol. The molecule has 2 heterocycles. The molecule has 2 aliphatic heterocycles. The molecule has 0 saturated carbocycles. The van der Waals surface area contributed by atoms with Gasteiger partial charge < -0.3 is 10.5 Å². The van der Waals surface area contributed by atoms with Gasteiger partial charge in [0.1, 0.15) is 5.60 Å². The van der Waals surface area contributed by atoms with Crippen LogP contribution in [0.1, 0.15) is 50.8 Å². The van der Waals surface area contributed by atoms with Crippen molar-refractivity contribution < 1.29 is 9.53 Å². The molecule has 1 aromatic rings. The van der Waals surface area contributed by atoms with E-state index in [1.165, 1.54) is 11.1 Å². The highest BCUT2D eigenvalue weighted by atomic mass is 16.6. The molecule has 1 fully saturated rings. The van der Waals surface area contributed by atoms with Gasteiger partial charge in [0.15, 0.2) is 0 Å². The van der Waals surface area contributed by atoms with Crippen LogP contribution in [0.3, 0.4) is 0 Å². The summed E-state index contributed by atoms with van der Waals surface area (Å²) < 4.78 is 5.56. The number of ether oxygens (including phenoxy) is 1. The highest BCUT2D eigenvalue weighted by Crippen LogP contribution is 2.44. The van der Waals surface area contributed by atoms with Crippen molar-refractivity contribution in [2.45, 2.75) is 57.7 Å². The lowest BCUT2D eigenvalue weighted by Crippen LogP contribution is -2.44. The fraction of sp³-hybridized carbons (Fsp3) is 0.562. The van der Waals surface area contributed by atoms with Crippen molar-refractivity contribution in [2.75, 3.05) is 5.73 Å². The first-order valence-corrected chi connectivity index (χ1v) is 7.25. The zero-order valence-corrected chi connectivity index (χ0v) is 12.3. The highest BCUT2D eigenvalue weighted by Gasteiger charge is 2.44. The molecule has 20 heavy (non-hydrogen) atoms. The van der Waals surface area contributed by atoms with Gasteiger partial charge in [-0.25, -0.2) is 4.79 Å². The van der Waals surface area contributed by atoms with Crippen LogP contribution in [0.4, 0.5) is 10.5 Å². The Bertz CT molecular complexity index is 548. The molecule has 1 amide bonds. The summed E-state index contributed by atoms with van der Waals surface area (Å²) in [6, 6.07) is 6.45. The third-order valence-corrected chi connectivity index (χ3v) is 4.09. The normalized spacial score (nSPS) is 24.4. The van der Waals surface area contributed by atoms with E-state index in [9.17, 15) is 4.79 Å². The molecule has 4 nitrogen and oxygen atoms in total. The highest BCUT2D eigenvalue weighted by molar-refractivity contribution is 5.71. The molecule has 2 aliphatic rings. The van der Waals surface area contributed by atoms with E-state index < -0.39 is 5.60 Å². The van der Waals surface area contributed by atoms with Crippen LogP contribution in [0.5, 0.6) is 0 Å². The number of amides is 1. The van der Waals surface area contributed by atoms with Crippen molar-refractivity contribution in [1.82, 2.24) is 4.90 Å². The predicted molar refractivity (Wildman–Crippen MR) is 78.4 cm³/mol. The molecule has 2 unspecified atom stereocenters. The zero-order chi connectivity index (χ0) is 14.5. The van der Waals surface area contributed by atoms with Gasteiger partial charge in [-0.3, -0.25) is 4.90 Å². The van der Waals surface area contributed by atoms with Crippen molar-refractivity contribution in [3.05, 3.63) is 29.3 Å². The number of carbonyl (C=O) groups excluding carboxylic acids is 1. The first kappa shape index (κ1) is 13.3. The molecule has 0 aromatic heterocycles. The summed E-state index contributed by atoms with van der Waals surface area (Å²) in [7, 11) is 0. The number of nitrogen functional groups attached to an aromatic ring is 1. The van der Waals surface area contributed by atoms with E-state index in [0.29, 0.717) is 0 Å². The Hall–Kier alpha value is -1.71. The zero-order valence-electron chi connectivity index (χ0n) is 12.3. The molecule has 0 spiro atoms. The Labute approximate surface area is 119 Å². The third kappa shape index (κ3) is 2.23. The number of carbonyl (C=O) groups is 1. The number of anilines is 1. The molecule has 2 N–H and O–H groups in total. The lowest BCUT2D eigenvalue weighted by molar-refractivity contribution is 0.0125. The fourth-order valence-electron chi connectivity index (χ4n) is 3.34. The Morgan fingerprint density at radius 1 is 1.35 bits per heavy atom. The first-order valence-electron chi connectivity index (χ1n) is 7.25. The second-order valence-electron chi connectivity index (χ2n) is 6.80. The van der Waals surface area contributed by atoms with Crippen molar-refractivity contribution in [2.24, 2.45) is 0 Å². The Kier molecular flexibility index (Phi) is 2.92. The molecule has 1 saturated heterocycles. The van der Waals surface area contributed by atoms with Crippen molar-refractivity contribution in [1.29, 1.82) is 0 Å². The number of rotatable bonds is 0. The molecule has 0 aliphatic carbocycles. The Balaban J connectivity index is 1.91. The van der Waals surface area contributed by atoms with Crippen molar-refractivity contribution in [3.63, 3.8) is 0 Å². The first-order chi connectivity index (χ1) is 9.35. The van der Waals surface area contributed by atoms with E-state index in [2.05, 4.69) is 6.07 Å². The SMILES string of the molecule is CC(C)(C)OC(=O)N1C2CCC1c1cc(N)ccc1C2. The summed E-state index contributed by atoms with van der Waals surface area (Å²) in [5.74, 6) is 0. The molecule has 108 valence electrons. The van der Waals surface area contributed by atoms with Crippen LogP contribution >= 0.6 is 0 Å². The van der Waals surface area contributed by atoms with E-state index >= 15 is 0 Å². The second kappa shape index (κ2) is 4.40. The third-order valence-electron chi connectivity index (χ3n) is 4.09. The van der Waals surface area contributed by atoms with Crippen LogP contribution in [0, 0.1) is 0 Å². The molecule has 2 bridgehead atoms. The lowest BCUT2D eigenvalue weighted by atomic mass is 9.93. The number of nitrogens with zero attached hydrogens (tertiary/aromatic N) is 1. The van der Waals surface area contributed by atoms with E-state index in [-0.39, 0.29) is 18.2 Å². The topological polar surface area (TPSA) is 55.6 Å². The standard InChI is InChI=1S/C16H22N2O2/c1-16(2,3)20-15(19)18-12-6-7-14(18)13-9-11(17)5-4-10(13)8-12/h4-5,9,12,14H,6-8,17H2,1-3H3. The number of hydrogen-bond donors (Lipinski definition) is 1. The largest absolute Gasteiger partial charge is 0.444 e. The van der Waals surface area contributed by atoms with Crippen LogP contribution in [0.2, 0.25) is 0 Å². The van der Waals surface area contributed by atoms with Gasteiger partial charge in [0.05, 0.1) is 6.04 Å². The summed E-state index contributed by atoms with van der Waals surface area (Å²) >= 11 is 0. The van der Waals surface area contributed by atoms with Gasteiger partial charge >= 0.3 is 6.09 Å². The molecule has 4 heteroatoms. The van der Waals surface area contributed by atoms with Gasteiger partial charge in [-0.15, -0.1) is 0 Å². The van der Waals surface area contributed by atoms with E-state index in [0.717, 1.165) is 24.9 Å². The van der Waals surface area contributed by atoms with Gasteiger partial charge in [-0.05, 0) is 63.3 Å². The van der Waals surface area contributed by atoms with Gasteiger partial charge in [0, 0.05) is 11.7 Å². The minimum atomic E-state index is -0.452. The van der Waals surface area contributed by atoms with Crippen LogP contribution in [0.15, 0.2) is 18.2 Å². The maximum absolute atomic E-state index is 12.4. The number of nitrogens with two attached hydrogens (primary N) is 1. The summed E-state index contributed by atoms with van der Waals surface area (Å²) in [6.45, 7) is 5.72. The van der Waals surface area contributed by atoms with Gasteiger partial charge in [-0.2, -0.15) is 0 Å². The average Bonchev–Trinajstić information content (AvgIpc) is 2.65. The molecule has 0 radical (unpaired) electrons. The van der Waals surface area contributed by atoms with Crippen molar-refractivity contribution >= 4 is 11.8 Å². The predicted octanol–water partition coefficient (Wildman–Crippen LogP) is 3.27. The summed E-state index contributed by atoms with van der Waals surface area (Å²) in [6.07, 6.45) is 2.75. The van der Waals surface area contributed by atoms with Crippen molar-refractivity contribution in [3.8, 4) is 0 Å². The molecule has 2 atom stereocenters. The number of benzene rings is 1. The lowest BCUT2D eigenvalue weighted by Gasteiger charge is -2.37. The number of hydrogen-bond acceptors (Lipinski definition) is 3. The van der Waals surface area contributed by atoms with Gasteiger partial charge in [0.2, 0.25) is 0 Å². The van der Waals surface area contributed by atoms with Gasteiger partial charge in [-0.1, -0.05) is 6.07 Å². The molecule has 1 aromatic carbocycles. The van der Waals surface area contributed by atoms with Crippen LogP contribution in [0.25, 0.3) is 0 Å². The van der Waals surface area contributed by atoms with E-state index in [1.807, 2.05) is 37.8 Å². The summed E-state index contributed by atoms with van der Waals surface area (Å²) in [5, 5.41) is 0. The maximum atomic E-state index is 12.4. The Morgan fingerprint density at radius 2 is 2.10 bits per heavy atom. The summed E-state index contributed by atoms with van der Waals surface area (Å²) in [4.78, 5) is 14.4. The van der Waals surface area contributed by atoms with Crippen LogP contribution in [-0.4, -0.2) is 22.6 Å². The Morgan fingerprint density at radius 3 is 2.80 bits per heavy atom. The molecule has 3 rings (SSSR count). The van der Waals surface area contributed by atoms with E-state index in [4.69, 9.17) is 10.5 Å². The average molecular weight is 274 g/mol. The quantitative estimate of drug-likeness (QED) is 0.739. The second-order valence-corrected chi connectivity index (χ2v) is 6.80.